The molecule has 2 heterocycles. The number of rotatable bonds is 4. The molecule has 1 aromatic carbocycles. The van der Waals surface area contributed by atoms with Gasteiger partial charge >= 0.3 is 6.03 Å². The molecule has 2 saturated heterocycles. The molecular weight excluding hydrogens is 328 g/mol. The van der Waals surface area contributed by atoms with E-state index in [1.807, 2.05) is 23.1 Å². The average molecular weight is 353 g/mol. The van der Waals surface area contributed by atoms with Crippen molar-refractivity contribution < 1.29 is 9.53 Å². The zero-order valence-corrected chi connectivity index (χ0v) is 14.7. The number of amides is 2. The second kappa shape index (κ2) is 8.67. The van der Waals surface area contributed by atoms with Gasteiger partial charge in [0.15, 0.2) is 0 Å². The lowest BCUT2D eigenvalue weighted by Gasteiger charge is -2.36. The van der Waals surface area contributed by atoms with Crippen molar-refractivity contribution in [2.75, 3.05) is 70.9 Å². The zero-order chi connectivity index (χ0) is 16.8. The number of urea groups is 1. The van der Waals surface area contributed by atoms with Crippen LogP contribution in [0.2, 0.25) is 5.02 Å². The Hall–Kier alpha value is -1.34. The van der Waals surface area contributed by atoms with Crippen molar-refractivity contribution >= 4 is 23.3 Å². The van der Waals surface area contributed by atoms with Crippen LogP contribution in [-0.4, -0.2) is 86.3 Å². The first-order valence-corrected chi connectivity index (χ1v) is 8.93. The van der Waals surface area contributed by atoms with Gasteiger partial charge in [0.1, 0.15) is 0 Å². The Morgan fingerprint density at radius 3 is 2.29 bits per heavy atom. The van der Waals surface area contributed by atoms with Crippen LogP contribution in [-0.2, 0) is 4.74 Å². The highest BCUT2D eigenvalue weighted by molar-refractivity contribution is 6.33. The molecule has 0 aromatic heterocycles. The van der Waals surface area contributed by atoms with E-state index in [9.17, 15) is 4.79 Å². The van der Waals surface area contributed by atoms with Crippen LogP contribution >= 0.6 is 11.6 Å². The number of nitrogens with zero attached hydrogens (tertiary/aromatic N) is 3. The van der Waals surface area contributed by atoms with Crippen LogP contribution in [0.4, 0.5) is 10.5 Å². The Morgan fingerprint density at radius 1 is 1.00 bits per heavy atom. The van der Waals surface area contributed by atoms with Crippen molar-refractivity contribution in [3.63, 3.8) is 0 Å². The summed E-state index contributed by atoms with van der Waals surface area (Å²) >= 11 is 6.09. The fourth-order valence-corrected chi connectivity index (χ4v) is 3.22. The van der Waals surface area contributed by atoms with Gasteiger partial charge in [0.2, 0.25) is 0 Å². The second-order valence-corrected chi connectivity index (χ2v) is 6.60. The van der Waals surface area contributed by atoms with Gasteiger partial charge in [-0.25, -0.2) is 4.79 Å². The van der Waals surface area contributed by atoms with Crippen molar-refractivity contribution in [1.82, 2.24) is 14.7 Å². The first-order chi connectivity index (χ1) is 11.7. The highest BCUT2D eigenvalue weighted by Gasteiger charge is 2.22. The number of ether oxygens (including phenoxy) is 1. The Kier molecular flexibility index (Phi) is 6.31. The summed E-state index contributed by atoms with van der Waals surface area (Å²) in [5.41, 5.74) is 0.666. The number of piperazine rings is 1. The van der Waals surface area contributed by atoms with E-state index in [2.05, 4.69) is 15.1 Å². The molecule has 0 atom stereocenters. The maximum atomic E-state index is 12.3. The van der Waals surface area contributed by atoms with Crippen molar-refractivity contribution in [3.05, 3.63) is 29.3 Å². The Bertz CT molecular complexity index is 543. The molecule has 0 aliphatic carbocycles. The number of carbonyl (C=O) groups excluding carboxylic acids is 1. The fraction of sp³-hybridized carbons (Fsp3) is 0.588. The maximum absolute atomic E-state index is 12.3. The van der Waals surface area contributed by atoms with Crippen LogP contribution in [0.25, 0.3) is 0 Å². The lowest BCUT2D eigenvalue weighted by Crippen LogP contribution is -2.51. The maximum Gasteiger partial charge on any atom is 0.321 e. The van der Waals surface area contributed by atoms with E-state index in [4.69, 9.17) is 16.3 Å². The first-order valence-electron chi connectivity index (χ1n) is 8.55. The molecule has 2 aliphatic rings. The number of hydrogen-bond donors (Lipinski definition) is 1. The summed E-state index contributed by atoms with van der Waals surface area (Å²) in [6.45, 7) is 9.21. The van der Waals surface area contributed by atoms with Gasteiger partial charge in [-0.2, -0.15) is 0 Å². The van der Waals surface area contributed by atoms with Gasteiger partial charge in [-0.1, -0.05) is 23.7 Å². The summed E-state index contributed by atoms with van der Waals surface area (Å²) < 4.78 is 5.37. The number of nitrogens with one attached hydrogen (secondary N) is 1. The molecular formula is C17H25ClN4O2. The number of hydrogen-bond acceptors (Lipinski definition) is 4. The van der Waals surface area contributed by atoms with E-state index in [1.54, 1.807) is 6.07 Å². The van der Waals surface area contributed by atoms with Gasteiger partial charge in [-0.3, -0.25) is 9.80 Å². The van der Waals surface area contributed by atoms with E-state index in [1.165, 1.54) is 0 Å². The number of halogens is 1. The lowest BCUT2D eigenvalue weighted by atomic mass is 10.3. The van der Waals surface area contributed by atoms with Gasteiger partial charge < -0.3 is 15.0 Å². The third kappa shape index (κ3) is 4.83. The molecule has 24 heavy (non-hydrogen) atoms. The van der Waals surface area contributed by atoms with E-state index in [0.717, 1.165) is 65.6 Å². The van der Waals surface area contributed by atoms with Crippen LogP contribution in [0.5, 0.6) is 0 Å². The molecule has 2 aliphatic heterocycles. The molecule has 0 radical (unpaired) electrons. The van der Waals surface area contributed by atoms with Gasteiger partial charge in [0.25, 0.3) is 0 Å². The van der Waals surface area contributed by atoms with Crippen molar-refractivity contribution in [3.8, 4) is 0 Å². The predicted molar refractivity (Wildman–Crippen MR) is 95.7 cm³/mol. The van der Waals surface area contributed by atoms with E-state index >= 15 is 0 Å². The Labute approximate surface area is 148 Å². The number of para-hydroxylation sites is 1. The summed E-state index contributed by atoms with van der Waals surface area (Å²) in [6, 6.07) is 7.24. The predicted octanol–water partition coefficient (Wildman–Crippen LogP) is 1.82. The van der Waals surface area contributed by atoms with Crippen molar-refractivity contribution in [2.24, 2.45) is 0 Å². The molecule has 0 unspecified atom stereocenters. The molecule has 0 bridgehead atoms. The minimum atomic E-state index is -0.0732. The van der Waals surface area contributed by atoms with E-state index in [0.29, 0.717) is 10.7 Å². The first kappa shape index (κ1) is 17.5. The Balaban J connectivity index is 1.39. The monoisotopic (exact) mass is 352 g/mol. The molecule has 1 aromatic rings. The summed E-state index contributed by atoms with van der Waals surface area (Å²) in [4.78, 5) is 19.1. The summed E-state index contributed by atoms with van der Waals surface area (Å²) in [7, 11) is 0. The van der Waals surface area contributed by atoms with Crippen molar-refractivity contribution in [2.45, 2.75) is 0 Å². The van der Waals surface area contributed by atoms with Crippen molar-refractivity contribution in [1.29, 1.82) is 0 Å². The number of morpholine rings is 1. The quantitative estimate of drug-likeness (QED) is 0.898. The van der Waals surface area contributed by atoms with Gasteiger partial charge in [-0.15, -0.1) is 0 Å². The summed E-state index contributed by atoms with van der Waals surface area (Å²) in [5, 5.41) is 3.46. The van der Waals surface area contributed by atoms with Crippen LogP contribution in [0, 0.1) is 0 Å². The largest absolute Gasteiger partial charge is 0.379 e. The molecule has 6 nitrogen and oxygen atoms in total. The SMILES string of the molecule is O=C(Nc1ccccc1Cl)N1CCN(CCN2CCOCC2)CC1. The lowest BCUT2D eigenvalue weighted by molar-refractivity contribution is 0.0311. The highest BCUT2D eigenvalue weighted by Crippen LogP contribution is 2.21. The van der Waals surface area contributed by atoms with Crippen LogP contribution < -0.4 is 5.32 Å². The molecule has 0 saturated carbocycles. The van der Waals surface area contributed by atoms with Crippen LogP contribution in [0.15, 0.2) is 24.3 Å². The van der Waals surface area contributed by atoms with Gasteiger partial charge in [0.05, 0.1) is 23.9 Å². The molecule has 7 heteroatoms. The van der Waals surface area contributed by atoms with Crippen LogP contribution in [0.1, 0.15) is 0 Å². The minimum absolute atomic E-state index is 0.0732. The zero-order valence-electron chi connectivity index (χ0n) is 13.9. The third-order valence-electron chi connectivity index (χ3n) is 4.61. The second-order valence-electron chi connectivity index (χ2n) is 6.19. The molecule has 2 amide bonds. The van der Waals surface area contributed by atoms with E-state index < -0.39 is 0 Å². The number of benzene rings is 1. The molecule has 132 valence electrons. The Morgan fingerprint density at radius 2 is 1.62 bits per heavy atom. The number of anilines is 1. The van der Waals surface area contributed by atoms with E-state index in [-0.39, 0.29) is 6.03 Å². The summed E-state index contributed by atoms with van der Waals surface area (Å²) in [6.07, 6.45) is 0. The van der Waals surface area contributed by atoms with Gasteiger partial charge in [-0.05, 0) is 12.1 Å². The standard InChI is InChI=1S/C17H25ClN4O2/c18-15-3-1-2-4-16(15)19-17(23)22-9-7-20(8-10-22)5-6-21-11-13-24-14-12-21/h1-4H,5-14H2,(H,19,23). The fourth-order valence-electron chi connectivity index (χ4n) is 3.04. The molecule has 3 rings (SSSR count). The topological polar surface area (TPSA) is 48.1 Å². The number of carbonyl (C=O) groups is 1. The molecule has 2 fully saturated rings. The molecule has 0 spiro atoms. The smallest absolute Gasteiger partial charge is 0.321 e. The average Bonchev–Trinajstić information content (AvgIpc) is 2.63. The molecule has 1 N–H and O–H groups in total. The minimum Gasteiger partial charge on any atom is -0.379 e. The van der Waals surface area contributed by atoms with Crippen LogP contribution in [0.3, 0.4) is 0 Å². The van der Waals surface area contributed by atoms with Gasteiger partial charge in [0, 0.05) is 52.4 Å². The summed E-state index contributed by atoms with van der Waals surface area (Å²) in [5.74, 6) is 0. The highest BCUT2D eigenvalue weighted by atomic mass is 35.5. The normalized spacial score (nSPS) is 20.1. The third-order valence-corrected chi connectivity index (χ3v) is 4.94.